The number of benzene rings is 2. The summed E-state index contributed by atoms with van der Waals surface area (Å²) in [6.45, 7) is -0.193. The largest absolute Gasteiger partial charge is 0.493 e. The number of aromatic carboxylic acids is 1. The smallest absolute Gasteiger partial charge is 0.339 e. The highest BCUT2D eigenvalue weighted by molar-refractivity contribution is 5.90. The van der Waals surface area contributed by atoms with Crippen LogP contribution in [0.25, 0.3) is 0 Å². The van der Waals surface area contributed by atoms with Gasteiger partial charge in [0.2, 0.25) is 0 Å². The number of nitrogens with zero attached hydrogens (tertiary/aromatic N) is 4. The summed E-state index contributed by atoms with van der Waals surface area (Å²) in [5.74, 6) is -0.940. The van der Waals surface area contributed by atoms with Gasteiger partial charge in [0.1, 0.15) is 11.3 Å². The third-order valence-corrected chi connectivity index (χ3v) is 5.25. The van der Waals surface area contributed by atoms with Crippen molar-refractivity contribution in [2.24, 2.45) is 0 Å². The third-order valence-electron chi connectivity index (χ3n) is 5.25. The second kappa shape index (κ2) is 13.7. The Kier molecular flexibility index (Phi) is 9.57. The van der Waals surface area contributed by atoms with Crippen LogP contribution in [0.3, 0.4) is 0 Å². The van der Waals surface area contributed by atoms with Crippen molar-refractivity contribution in [2.45, 2.75) is 0 Å². The van der Waals surface area contributed by atoms with Gasteiger partial charge in [-0.1, -0.05) is 24.3 Å². The maximum absolute atomic E-state index is 11.6. The van der Waals surface area contributed by atoms with E-state index in [0.29, 0.717) is 11.5 Å². The summed E-state index contributed by atoms with van der Waals surface area (Å²) in [4.78, 5) is 28.5. The van der Waals surface area contributed by atoms with Crippen LogP contribution < -0.4 is 37.9 Å². The molecular formula is C27H26N4O11. The predicted molar refractivity (Wildman–Crippen MR) is 143 cm³/mol. The number of hydrogen-bond acceptors (Lipinski definition) is 14. The Morgan fingerprint density at radius 2 is 1.12 bits per heavy atom. The van der Waals surface area contributed by atoms with Crippen molar-refractivity contribution >= 4 is 5.97 Å². The van der Waals surface area contributed by atoms with Crippen LogP contribution in [0.5, 0.6) is 64.3 Å². The lowest BCUT2D eigenvalue weighted by Crippen LogP contribution is -2.08. The number of rotatable bonds is 14. The standard InChI is InChI=1S/C27H26N4O11/c1-34-14-39-24-20(40-18-13-9-8-12-17(18)35-2)23(38-5)30-27(31-24)42-19-21(36-3)28-26(29-22(19)37-4)41-16-11-7-6-10-15(16)25(32)33/h6-13H,14H2,1-5H3,(H,32,33). The van der Waals surface area contributed by atoms with Gasteiger partial charge < -0.3 is 47.7 Å². The lowest BCUT2D eigenvalue weighted by atomic mass is 10.2. The molecule has 0 aliphatic heterocycles. The zero-order valence-corrected chi connectivity index (χ0v) is 23.1. The molecule has 0 atom stereocenters. The van der Waals surface area contributed by atoms with Gasteiger partial charge in [-0.15, -0.1) is 0 Å². The van der Waals surface area contributed by atoms with E-state index in [2.05, 4.69) is 19.9 Å². The van der Waals surface area contributed by atoms with Gasteiger partial charge in [-0.2, -0.15) is 19.9 Å². The lowest BCUT2D eigenvalue weighted by Gasteiger charge is -2.17. The second-order valence-electron chi connectivity index (χ2n) is 7.81. The number of hydrogen-bond donors (Lipinski definition) is 1. The van der Waals surface area contributed by atoms with Gasteiger partial charge >= 0.3 is 18.0 Å². The van der Waals surface area contributed by atoms with Gasteiger partial charge in [-0.05, 0) is 24.3 Å². The van der Waals surface area contributed by atoms with Gasteiger partial charge in [-0.25, -0.2) is 4.79 Å². The second-order valence-corrected chi connectivity index (χ2v) is 7.81. The minimum absolute atomic E-state index is 0.00131. The summed E-state index contributed by atoms with van der Waals surface area (Å²) in [6, 6.07) is 12.3. The first-order valence-electron chi connectivity index (χ1n) is 12.0. The first-order chi connectivity index (χ1) is 20.4. The fraction of sp³-hybridized carbons (Fsp3) is 0.222. The molecule has 0 bridgehead atoms. The molecule has 0 amide bonds. The van der Waals surface area contributed by atoms with Gasteiger partial charge in [0.15, 0.2) is 18.3 Å². The van der Waals surface area contributed by atoms with Crippen molar-refractivity contribution in [2.75, 3.05) is 42.3 Å². The monoisotopic (exact) mass is 582 g/mol. The average Bonchev–Trinajstić information content (AvgIpc) is 3.01. The van der Waals surface area contributed by atoms with Gasteiger partial charge in [0.05, 0.1) is 28.4 Å². The minimum atomic E-state index is -1.19. The Labute approximate surface area is 239 Å². The molecule has 2 aromatic carbocycles. The van der Waals surface area contributed by atoms with E-state index in [9.17, 15) is 9.90 Å². The number of carbonyl (C=O) groups is 1. The van der Waals surface area contributed by atoms with Crippen LogP contribution >= 0.6 is 0 Å². The minimum Gasteiger partial charge on any atom is -0.493 e. The zero-order chi connectivity index (χ0) is 30.1. The Bertz CT molecular complexity index is 1530. The molecule has 0 radical (unpaired) electrons. The summed E-state index contributed by atoms with van der Waals surface area (Å²) >= 11 is 0. The topological polar surface area (TPSA) is 172 Å². The maximum Gasteiger partial charge on any atom is 0.339 e. The van der Waals surface area contributed by atoms with Crippen molar-refractivity contribution in [3.63, 3.8) is 0 Å². The normalized spacial score (nSPS) is 10.4. The number of methoxy groups -OCH3 is 5. The van der Waals surface area contributed by atoms with Crippen LogP contribution in [0.1, 0.15) is 10.4 Å². The van der Waals surface area contributed by atoms with E-state index in [0.717, 1.165) is 0 Å². The number of ether oxygens (including phenoxy) is 9. The number of aromatic nitrogens is 4. The van der Waals surface area contributed by atoms with Crippen molar-refractivity contribution in [1.29, 1.82) is 0 Å². The highest BCUT2D eigenvalue weighted by atomic mass is 16.7. The van der Waals surface area contributed by atoms with Crippen LogP contribution in [0.15, 0.2) is 48.5 Å². The fourth-order valence-electron chi connectivity index (χ4n) is 3.41. The molecule has 2 heterocycles. The molecule has 15 nitrogen and oxygen atoms in total. The highest BCUT2D eigenvalue weighted by Gasteiger charge is 2.26. The van der Waals surface area contributed by atoms with E-state index in [4.69, 9.17) is 42.6 Å². The van der Waals surface area contributed by atoms with Crippen LogP contribution in [0.4, 0.5) is 0 Å². The molecular weight excluding hydrogens is 556 g/mol. The average molecular weight is 583 g/mol. The number of carboxylic acids is 1. The Morgan fingerprint density at radius 3 is 1.67 bits per heavy atom. The summed E-state index contributed by atoms with van der Waals surface area (Å²) in [7, 11) is 6.94. The summed E-state index contributed by atoms with van der Waals surface area (Å²) in [5, 5.41) is 9.45. The van der Waals surface area contributed by atoms with Crippen molar-refractivity contribution in [3.05, 3.63) is 54.1 Å². The van der Waals surface area contributed by atoms with Crippen molar-refractivity contribution in [1.82, 2.24) is 19.9 Å². The molecule has 0 fully saturated rings. The molecule has 220 valence electrons. The fourth-order valence-corrected chi connectivity index (χ4v) is 3.41. The number of carboxylic acid groups (broad SMARTS) is 1. The predicted octanol–water partition coefficient (Wildman–Crippen LogP) is 4.36. The molecule has 0 unspecified atom stereocenters. The van der Waals surface area contributed by atoms with E-state index >= 15 is 0 Å². The molecule has 42 heavy (non-hydrogen) atoms. The lowest BCUT2D eigenvalue weighted by molar-refractivity contribution is 0.0451. The molecule has 1 N–H and O–H groups in total. The van der Waals surface area contributed by atoms with Crippen LogP contribution in [0, 0.1) is 0 Å². The van der Waals surface area contributed by atoms with Crippen LogP contribution in [-0.4, -0.2) is 73.4 Å². The summed E-state index contributed by atoms with van der Waals surface area (Å²) in [6.07, 6.45) is 0. The summed E-state index contributed by atoms with van der Waals surface area (Å²) < 4.78 is 49.7. The van der Waals surface area contributed by atoms with Crippen LogP contribution in [-0.2, 0) is 4.74 Å². The quantitative estimate of drug-likeness (QED) is 0.208. The molecule has 0 aliphatic carbocycles. The number of para-hydroxylation sites is 3. The zero-order valence-electron chi connectivity index (χ0n) is 23.1. The van der Waals surface area contributed by atoms with E-state index in [1.165, 1.54) is 47.7 Å². The van der Waals surface area contributed by atoms with E-state index in [-0.39, 0.29) is 65.1 Å². The summed E-state index contributed by atoms with van der Waals surface area (Å²) in [5.41, 5.74) is -0.0983. The molecule has 4 rings (SSSR count). The van der Waals surface area contributed by atoms with E-state index < -0.39 is 5.97 Å². The molecule has 4 aromatic rings. The van der Waals surface area contributed by atoms with Gasteiger partial charge in [0.25, 0.3) is 35.0 Å². The first kappa shape index (κ1) is 29.4. The molecule has 15 heteroatoms. The molecule has 0 spiro atoms. The van der Waals surface area contributed by atoms with E-state index in [1.54, 1.807) is 36.4 Å². The van der Waals surface area contributed by atoms with Gasteiger partial charge in [0, 0.05) is 7.11 Å². The first-order valence-corrected chi connectivity index (χ1v) is 12.0. The van der Waals surface area contributed by atoms with Crippen molar-refractivity contribution in [3.8, 4) is 64.3 Å². The highest BCUT2D eigenvalue weighted by Crippen LogP contribution is 2.44. The Balaban J connectivity index is 1.73. The van der Waals surface area contributed by atoms with Gasteiger partial charge in [-0.3, -0.25) is 0 Å². The Hall–Kier alpha value is -5.57. The SMILES string of the molecule is COCOc1nc(Oc2c(OC)nc(Oc3ccccc3C(=O)O)nc2OC)nc(OC)c1Oc1ccccc1OC. The maximum atomic E-state index is 11.6. The Morgan fingerprint density at radius 1 is 0.619 bits per heavy atom. The molecule has 0 saturated heterocycles. The van der Waals surface area contributed by atoms with Crippen LogP contribution in [0.2, 0.25) is 0 Å². The van der Waals surface area contributed by atoms with E-state index in [1.807, 2.05) is 0 Å². The molecule has 2 aromatic heterocycles. The third kappa shape index (κ3) is 6.59. The van der Waals surface area contributed by atoms with Crippen molar-refractivity contribution < 1.29 is 52.5 Å². The molecule has 0 saturated carbocycles. The molecule has 0 aliphatic rings.